The summed E-state index contributed by atoms with van der Waals surface area (Å²) >= 11 is 0. The van der Waals surface area contributed by atoms with Gasteiger partial charge in [0.1, 0.15) is 0 Å². The average Bonchev–Trinajstić information content (AvgIpc) is 3.45. The lowest BCUT2D eigenvalue weighted by molar-refractivity contribution is 0.263. The molecule has 8 aromatic rings. The fourth-order valence-electron chi connectivity index (χ4n) is 8.06. The minimum atomic E-state index is -3.91. The molecule has 0 atom stereocenters. The second kappa shape index (κ2) is 24.5. The van der Waals surface area contributed by atoms with Crippen LogP contribution in [0.5, 0.6) is 0 Å². The van der Waals surface area contributed by atoms with E-state index in [1.807, 2.05) is 146 Å². The van der Waals surface area contributed by atoms with Crippen LogP contribution in [0.25, 0.3) is 48.6 Å². The van der Waals surface area contributed by atoms with Gasteiger partial charge in [0.25, 0.3) is 0 Å². The molecule has 4 nitrogen and oxygen atoms in total. The zero-order valence-electron chi connectivity index (χ0n) is 40.0. The van der Waals surface area contributed by atoms with Crippen molar-refractivity contribution in [3.63, 3.8) is 0 Å². The molecule has 0 amide bonds. The topological polar surface area (TPSA) is 36.9 Å². The lowest BCUT2D eigenvalue weighted by Gasteiger charge is -2.47. The van der Waals surface area contributed by atoms with Crippen LogP contribution in [0.3, 0.4) is 0 Å². The highest BCUT2D eigenvalue weighted by atomic mass is 28.5. The summed E-state index contributed by atoms with van der Waals surface area (Å²) in [5.41, 5.74) is 25.3. The Hall–Kier alpha value is -7.61. The first kappa shape index (κ1) is 49.4. The molecule has 0 aromatic heterocycles. The van der Waals surface area contributed by atoms with E-state index < -0.39 is 34.2 Å². The molecule has 8 aromatic carbocycles. The fraction of sp³-hybridized carbons (Fsp3) is 0. The van der Waals surface area contributed by atoms with E-state index in [1.54, 1.807) is 0 Å². The molecule has 1 aliphatic heterocycles. The highest BCUT2D eigenvalue weighted by Crippen LogP contribution is 2.38. The van der Waals surface area contributed by atoms with Gasteiger partial charge in [-0.25, -0.2) is 0 Å². The summed E-state index contributed by atoms with van der Waals surface area (Å²) in [5, 5.41) is 0. The molecule has 0 spiro atoms. The first-order valence-electron chi connectivity index (χ1n) is 24.2. The summed E-state index contributed by atoms with van der Waals surface area (Å²) in [4.78, 5) is 0. The third-order valence-electron chi connectivity index (χ3n) is 11.7. The molecule has 0 N–H and O–H groups in total. The molecule has 0 unspecified atom stereocenters. The summed E-state index contributed by atoms with van der Waals surface area (Å²) < 4.78 is 32.8. The van der Waals surface area contributed by atoms with E-state index in [0.717, 1.165) is 44.5 Å². The quantitative estimate of drug-likeness (QED) is 0.0904. The van der Waals surface area contributed by atoms with Crippen molar-refractivity contribution in [2.24, 2.45) is 0 Å². The van der Waals surface area contributed by atoms with Crippen molar-refractivity contribution >= 4 is 82.9 Å². The molecule has 0 radical (unpaired) electrons. The molecular formula is C64H56O4Si4. The van der Waals surface area contributed by atoms with E-state index in [0.29, 0.717) is 0 Å². The van der Waals surface area contributed by atoms with Gasteiger partial charge in [-0.05, 0) is 90.1 Å². The first-order valence-corrected chi connectivity index (χ1v) is 32.1. The standard InChI is InChI=1S/C64H56O4Si4/c1-9-25-57(26-10-1)41-49-69(50-42-58-27-11-2-12-28-58)65-70(51-43-59-29-13-3-14-30-59,52-44-60-31-15-4-16-32-60)67-72(55-47-63-37-21-7-22-38-63,56-48-64-39-23-8-24-40-64)68-71(66-69,53-45-61-33-17-5-18-34-61)54-46-62-35-19-6-20-36-62/h1-56H/b49-41+,50-42+,51-43+,52-44+,53-45+,54-46+,55-47+,56-48+. The van der Waals surface area contributed by atoms with Gasteiger partial charge in [0.15, 0.2) is 0 Å². The monoisotopic (exact) mass is 1000 g/mol. The van der Waals surface area contributed by atoms with Crippen LogP contribution in [0.2, 0.25) is 0 Å². The van der Waals surface area contributed by atoms with Crippen LogP contribution in [0.15, 0.2) is 288 Å². The molecule has 0 bridgehead atoms. The maximum absolute atomic E-state index is 8.21. The summed E-state index contributed by atoms with van der Waals surface area (Å²) in [5.74, 6) is 0. The van der Waals surface area contributed by atoms with Crippen molar-refractivity contribution in [2.45, 2.75) is 0 Å². The molecule has 0 aliphatic carbocycles. The minimum Gasteiger partial charge on any atom is -0.403 e. The lowest BCUT2D eigenvalue weighted by atomic mass is 10.2. The van der Waals surface area contributed by atoms with Crippen molar-refractivity contribution in [3.05, 3.63) is 333 Å². The molecular weight excluding hydrogens is 945 g/mol. The van der Waals surface area contributed by atoms with Crippen molar-refractivity contribution in [3.8, 4) is 0 Å². The van der Waals surface area contributed by atoms with Gasteiger partial charge in [0.2, 0.25) is 0 Å². The Bertz CT molecular complexity index is 2510. The normalized spacial score (nSPS) is 16.7. The molecule has 1 saturated heterocycles. The minimum absolute atomic E-state index is 1.01. The van der Waals surface area contributed by atoms with Gasteiger partial charge >= 0.3 is 34.2 Å². The van der Waals surface area contributed by atoms with Crippen molar-refractivity contribution in [1.29, 1.82) is 0 Å². The van der Waals surface area contributed by atoms with Gasteiger partial charge in [-0.2, -0.15) is 0 Å². The molecule has 8 heteroatoms. The zero-order valence-corrected chi connectivity index (χ0v) is 44.0. The van der Waals surface area contributed by atoms with E-state index in [9.17, 15) is 0 Å². The lowest BCUT2D eigenvalue weighted by Crippen LogP contribution is -2.67. The van der Waals surface area contributed by atoms with Gasteiger partial charge < -0.3 is 16.5 Å². The average molecular weight is 1000 g/mol. The Kier molecular flexibility index (Phi) is 16.8. The van der Waals surface area contributed by atoms with Crippen LogP contribution < -0.4 is 0 Å². The zero-order chi connectivity index (χ0) is 49.0. The van der Waals surface area contributed by atoms with Crippen molar-refractivity contribution < 1.29 is 16.5 Å². The Balaban J connectivity index is 1.38. The van der Waals surface area contributed by atoms with Crippen molar-refractivity contribution in [1.82, 2.24) is 0 Å². The molecule has 72 heavy (non-hydrogen) atoms. The van der Waals surface area contributed by atoms with Gasteiger partial charge in [0, 0.05) is 0 Å². The van der Waals surface area contributed by atoms with E-state index in [2.05, 4.69) is 191 Å². The maximum Gasteiger partial charge on any atom is 0.375 e. The highest BCUT2D eigenvalue weighted by molar-refractivity contribution is 7.04. The predicted octanol–water partition coefficient (Wildman–Crippen LogP) is 15.9. The molecule has 352 valence electrons. The number of hydrogen-bond donors (Lipinski definition) is 0. The third kappa shape index (κ3) is 14.3. The number of hydrogen-bond acceptors (Lipinski definition) is 4. The van der Waals surface area contributed by atoms with Crippen LogP contribution in [0.1, 0.15) is 44.5 Å². The van der Waals surface area contributed by atoms with Crippen molar-refractivity contribution in [2.75, 3.05) is 0 Å². The second-order valence-corrected chi connectivity index (χ2v) is 28.9. The van der Waals surface area contributed by atoms with E-state index >= 15 is 0 Å². The molecule has 0 saturated carbocycles. The first-order chi connectivity index (χ1) is 35.5. The second-order valence-electron chi connectivity index (χ2n) is 17.2. The Labute approximate surface area is 429 Å². The SMILES string of the molecule is C(=C\[Si]1(/C=C/c2ccccc2)O[Si](/C=C/c2ccccc2)(/C=C/c2ccccc2)O[Si](/C=C/c2ccccc2)(/C=C/c2ccccc2)O[Si](/C=C/c2ccccc2)(/C=C/c2ccccc2)O1)/c1ccccc1. The summed E-state index contributed by atoms with van der Waals surface area (Å²) in [6.07, 6.45) is 17.0. The van der Waals surface area contributed by atoms with Gasteiger partial charge in [0.05, 0.1) is 0 Å². The van der Waals surface area contributed by atoms with Crippen LogP contribution in [0, 0.1) is 0 Å². The van der Waals surface area contributed by atoms with Gasteiger partial charge in [-0.1, -0.05) is 291 Å². The summed E-state index contributed by atoms with van der Waals surface area (Å²) in [6.45, 7) is 0. The predicted molar refractivity (Wildman–Crippen MR) is 311 cm³/mol. The maximum atomic E-state index is 8.21. The Morgan fingerprint density at radius 3 is 0.389 bits per heavy atom. The largest absolute Gasteiger partial charge is 0.403 e. The fourth-order valence-corrected chi connectivity index (χ4v) is 26.4. The smallest absolute Gasteiger partial charge is 0.375 e. The Morgan fingerprint density at radius 1 is 0.167 bits per heavy atom. The Morgan fingerprint density at radius 2 is 0.278 bits per heavy atom. The highest BCUT2D eigenvalue weighted by Gasteiger charge is 2.58. The van der Waals surface area contributed by atoms with E-state index in [4.69, 9.17) is 16.5 Å². The van der Waals surface area contributed by atoms with Crippen LogP contribution >= 0.6 is 0 Å². The van der Waals surface area contributed by atoms with Gasteiger partial charge in [-0.3, -0.25) is 0 Å². The molecule has 1 aliphatic rings. The number of benzene rings is 8. The molecule has 1 heterocycles. The van der Waals surface area contributed by atoms with Gasteiger partial charge in [-0.15, -0.1) is 0 Å². The van der Waals surface area contributed by atoms with E-state index in [-0.39, 0.29) is 0 Å². The van der Waals surface area contributed by atoms with Crippen LogP contribution in [0.4, 0.5) is 0 Å². The summed E-state index contributed by atoms with van der Waals surface area (Å²) in [7, 11) is -15.6. The summed E-state index contributed by atoms with van der Waals surface area (Å²) in [6, 6.07) is 82.6. The van der Waals surface area contributed by atoms with Crippen LogP contribution in [-0.2, 0) is 16.5 Å². The molecule has 1 fully saturated rings. The van der Waals surface area contributed by atoms with E-state index in [1.165, 1.54) is 0 Å². The third-order valence-corrected chi connectivity index (χ3v) is 27.0. The number of rotatable bonds is 16. The van der Waals surface area contributed by atoms with Crippen LogP contribution in [-0.4, -0.2) is 34.2 Å². The molecule has 9 rings (SSSR count).